The highest BCUT2D eigenvalue weighted by Crippen LogP contribution is 2.28. The van der Waals surface area contributed by atoms with Gasteiger partial charge < -0.3 is 15.5 Å². The van der Waals surface area contributed by atoms with Gasteiger partial charge in [-0.3, -0.25) is 14.7 Å². The summed E-state index contributed by atoms with van der Waals surface area (Å²) in [5.41, 5.74) is 0. The van der Waals surface area contributed by atoms with Crippen molar-refractivity contribution in [1.82, 2.24) is 20.4 Å². The van der Waals surface area contributed by atoms with Crippen LogP contribution in [0.1, 0.15) is 52.9 Å². The van der Waals surface area contributed by atoms with Crippen LogP contribution in [-0.4, -0.2) is 74.0 Å². The third-order valence-electron chi connectivity index (χ3n) is 5.41. The Balaban J connectivity index is 0.00000364. The lowest BCUT2D eigenvalue weighted by molar-refractivity contribution is -0.139. The average molecular weight is 493 g/mol. The highest BCUT2D eigenvalue weighted by molar-refractivity contribution is 14.0. The van der Waals surface area contributed by atoms with Gasteiger partial charge in [0.25, 0.3) is 0 Å². The molecular formula is C20H40IN5O. The summed E-state index contributed by atoms with van der Waals surface area (Å²) in [6.45, 7) is 14.0. The van der Waals surface area contributed by atoms with Crippen molar-refractivity contribution in [2.45, 2.75) is 52.9 Å². The predicted molar refractivity (Wildman–Crippen MR) is 124 cm³/mol. The fourth-order valence-corrected chi connectivity index (χ4v) is 3.47. The Hall–Kier alpha value is -0.570. The topological polar surface area (TPSA) is 60.0 Å². The third kappa shape index (κ3) is 8.98. The standard InChI is InChI=1S/C20H39N5O.HI/c1-4-21-20(22-10-6-7-17(2)3)23-11-12-24-13-15-25(16-14-24)19(26)18-8-5-9-18;/h17-18H,4-16H2,1-3H3,(H2,21,22,23);1H. The van der Waals surface area contributed by atoms with Gasteiger partial charge in [-0.1, -0.05) is 20.3 Å². The number of carbonyl (C=O) groups excluding carboxylic acids is 1. The molecule has 1 amide bonds. The Morgan fingerprint density at radius 1 is 1.15 bits per heavy atom. The molecule has 158 valence electrons. The number of hydrogen-bond donors (Lipinski definition) is 2. The van der Waals surface area contributed by atoms with Crippen LogP contribution in [0.3, 0.4) is 0 Å². The van der Waals surface area contributed by atoms with E-state index in [0.29, 0.717) is 11.8 Å². The van der Waals surface area contributed by atoms with Crippen LogP contribution < -0.4 is 10.6 Å². The van der Waals surface area contributed by atoms with Crippen molar-refractivity contribution < 1.29 is 4.79 Å². The zero-order valence-electron chi connectivity index (χ0n) is 17.5. The molecule has 1 aliphatic heterocycles. The molecular weight excluding hydrogens is 453 g/mol. The number of nitrogens with one attached hydrogen (secondary N) is 2. The van der Waals surface area contributed by atoms with Crippen LogP contribution in [0.5, 0.6) is 0 Å². The molecule has 0 bridgehead atoms. The van der Waals surface area contributed by atoms with Crippen LogP contribution in [-0.2, 0) is 4.79 Å². The summed E-state index contributed by atoms with van der Waals surface area (Å²) in [6, 6.07) is 0. The summed E-state index contributed by atoms with van der Waals surface area (Å²) in [4.78, 5) is 21.5. The number of amides is 1. The third-order valence-corrected chi connectivity index (χ3v) is 5.41. The number of halogens is 1. The molecule has 6 nitrogen and oxygen atoms in total. The van der Waals surface area contributed by atoms with Crippen LogP contribution in [0.25, 0.3) is 0 Å². The summed E-state index contributed by atoms with van der Waals surface area (Å²) in [7, 11) is 0. The maximum absolute atomic E-state index is 12.3. The largest absolute Gasteiger partial charge is 0.357 e. The lowest BCUT2D eigenvalue weighted by Crippen LogP contribution is -2.52. The number of hydrogen-bond acceptors (Lipinski definition) is 3. The summed E-state index contributed by atoms with van der Waals surface area (Å²) in [6.07, 6.45) is 5.81. The van der Waals surface area contributed by atoms with Crippen molar-refractivity contribution in [3.8, 4) is 0 Å². The Morgan fingerprint density at radius 2 is 1.85 bits per heavy atom. The van der Waals surface area contributed by atoms with Gasteiger partial charge in [0.15, 0.2) is 5.96 Å². The molecule has 2 rings (SSSR count). The van der Waals surface area contributed by atoms with E-state index in [1.807, 2.05) is 0 Å². The minimum absolute atomic E-state index is 0. The first-order valence-corrected chi connectivity index (χ1v) is 10.6. The van der Waals surface area contributed by atoms with Gasteiger partial charge in [-0.25, -0.2) is 0 Å². The van der Waals surface area contributed by atoms with Gasteiger partial charge >= 0.3 is 0 Å². The highest BCUT2D eigenvalue weighted by atomic mass is 127. The van der Waals surface area contributed by atoms with Crippen LogP contribution >= 0.6 is 24.0 Å². The Bertz CT molecular complexity index is 446. The van der Waals surface area contributed by atoms with Gasteiger partial charge in [0, 0.05) is 58.3 Å². The van der Waals surface area contributed by atoms with E-state index in [1.165, 1.54) is 12.8 Å². The number of aliphatic imine (C=N–C) groups is 1. The summed E-state index contributed by atoms with van der Waals surface area (Å²) >= 11 is 0. The van der Waals surface area contributed by atoms with Crippen LogP contribution in [0.4, 0.5) is 0 Å². The molecule has 27 heavy (non-hydrogen) atoms. The van der Waals surface area contributed by atoms with Crippen molar-refractivity contribution in [2.75, 3.05) is 52.4 Å². The minimum Gasteiger partial charge on any atom is -0.357 e. The second-order valence-electron chi connectivity index (χ2n) is 8.02. The smallest absolute Gasteiger partial charge is 0.225 e. The van der Waals surface area contributed by atoms with E-state index in [0.717, 1.165) is 83.5 Å². The number of carbonyl (C=O) groups is 1. The van der Waals surface area contributed by atoms with Crippen LogP contribution in [0.2, 0.25) is 0 Å². The number of guanidine groups is 1. The molecule has 0 unspecified atom stereocenters. The van der Waals surface area contributed by atoms with Crippen LogP contribution in [0.15, 0.2) is 4.99 Å². The number of rotatable bonds is 9. The first kappa shape index (κ1) is 24.5. The Morgan fingerprint density at radius 3 is 2.41 bits per heavy atom. The molecule has 1 saturated heterocycles. The molecule has 1 heterocycles. The highest BCUT2D eigenvalue weighted by Gasteiger charge is 2.30. The van der Waals surface area contributed by atoms with Crippen molar-refractivity contribution >= 4 is 35.8 Å². The van der Waals surface area contributed by atoms with E-state index in [4.69, 9.17) is 0 Å². The first-order chi connectivity index (χ1) is 12.6. The fraction of sp³-hybridized carbons (Fsp3) is 0.900. The fourth-order valence-electron chi connectivity index (χ4n) is 3.47. The minimum atomic E-state index is 0. The molecule has 2 aliphatic rings. The SMILES string of the molecule is CCNC(=NCCCC(C)C)NCCN1CCN(C(=O)C2CCC2)CC1.I. The van der Waals surface area contributed by atoms with Gasteiger partial charge in [-0.15, -0.1) is 24.0 Å². The van der Waals surface area contributed by atoms with Crippen molar-refractivity contribution in [3.63, 3.8) is 0 Å². The quantitative estimate of drug-likeness (QED) is 0.224. The second-order valence-corrected chi connectivity index (χ2v) is 8.02. The lowest BCUT2D eigenvalue weighted by Gasteiger charge is -2.38. The Labute approximate surface area is 182 Å². The molecule has 0 radical (unpaired) electrons. The molecule has 0 aromatic heterocycles. The Kier molecular flexibility index (Phi) is 12.3. The number of piperazine rings is 1. The second kappa shape index (κ2) is 13.6. The molecule has 0 atom stereocenters. The van der Waals surface area contributed by atoms with E-state index in [-0.39, 0.29) is 24.0 Å². The predicted octanol–water partition coefficient (Wildman–Crippen LogP) is 2.54. The summed E-state index contributed by atoms with van der Waals surface area (Å²) in [5, 5.41) is 6.77. The van der Waals surface area contributed by atoms with Crippen molar-refractivity contribution in [1.29, 1.82) is 0 Å². The zero-order chi connectivity index (χ0) is 18.8. The lowest BCUT2D eigenvalue weighted by atomic mass is 9.84. The number of nitrogens with zero attached hydrogens (tertiary/aromatic N) is 3. The van der Waals surface area contributed by atoms with Crippen molar-refractivity contribution in [3.05, 3.63) is 0 Å². The molecule has 2 N–H and O–H groups in total. The zero-order valence-corrected chi connectivity index (χ0v) is 19.8. The van der Waals surface area contributed by atoms with E-state index in [9.17, 15) is 4.79 Å². The first-order valence-electron chi connectivity index (χ1n) is 10.6. The molecule has 1 saturated carbocycles. The molecule has 0 aromatic carbocycles. The maximum Gasteiger partial charge on any atom is 0.225 e. The van der Waals surface area contributed by atoms with Crippen LogP contribution in [0, 0.1) is 11.8 Å². The van der Waals surface area contributed by atoms with E-state index in [2.05, 4.69) is 46.2 Å². The van der Waals surface area contributed by atoms with E-state index < -0.39 is 0 Å². The van der Waals surface area contributed by atoms with E-state index in [1.54, 1.807) is 0 Å². The average Bonchev–Trinajstić information content (AvgIpc) is 2.57. The summed E-state index contributed by atoms with van der Waals surface area (Å²) in [5.74, 6) is 2.40. The van der Waals surface area contributed by atoms with Gasteiger partial charge in [-0.2, -0.15) is 0 Å². The van der Waals surface area contributed by atoms with E-state index >= 15 is 0 Å². The summed E-state index contributed by atoms with van der Waals surface area (Å²) < 4.78 is 0. The van der Waals surface area contributed by atoms with Gasteiger partial charge in [0.05, 0.1) is 0 Å². The normalized spacial score (nSPS) is 18.8. The molecule has 0 aromatic rings. The monoisotopic (exact) mass is 493 g/mol. The van der Waals surface area contributed by atoms with Gasteiger partial charge in [-0.05, 0) is 38.5 Å². The molecule has 0 spiro atoms. The van der Waals surface area contributed by atoms with Gasteiger partial charge in [0.1, 0.15) is 0 Å². The molecule has 2 fully saturated rings. The maximum atomic E-state index is 12.3. The molecule has 1 aliphatic carbocycles. The van der Waals surface area contributed by atoms with Gasteiger partial charge in [0.2, 0.25) is 5.91 Å². The van der Waals surface area contributed by atoms with Crippen molar-refractivity contribution in [2.24, 2.45) is 16.8 Å². The molecule has 7 heteroatoms.